The van der Waals surface area contributed by atoms with Gasteiger partial charge >= 0.3 is 6.03 Å². The number of hydrogen-bond acceptors (Lipinski definition) is 4. The van der Waals surface area contributed by atoms with Crippen LogP contribution in [0.1, 0.15) is 30.4 Å². The number of nitrogens with two attached hydrogens (primary N) is 1. The molecule has 0 bridgehead atoms. The van der Waals surface area contributed by atoms with Crippen LogP contribution in [0.3, 0.4) is 0 Å². The Kier molecular flexibility index (Phi) is 9.49. The SMILES string of the molecule is Cc1ccc(NC(=O)[C@@H](CCCCN)NC(=O)Nc2ccc(OCc3ccccc3)cc2)cc1. The minimum Gasteiger partial charge on any atom is -0.489 e. The van der Waals surface area contributed by atoms with Gasteiger partial charge < -0.3 is 26.4 Å². The van der Waals surface area contributed by atoms with Gasteiger partial charge in [0, 0.05) is 11.4 Å². The van der Waals surface area contributed by atoms with Gasteiger partial charge in [0.1, 0.15) is 18.4 Å². The summed E-state index contributed by atoms with van der Waals surface area (Å²) in [5.41, 5.74) is 9.06. The van der Waals surface area contributed by atoms with Gasteiger partial charge in [-0.3, -0.25) is 4.79 Å². The van der Waals surface area contributed by atoms with E-state index in [9.17, 15) is 9.59 Å². The molecule has 1 atom stereocenters. The van der Waals surface area contributed by atoms with E-state index in [1.807, 2.05) is 61.5 Å². The van der Waals surface area contributed by atoms with E-state index in [0.717, 1.165) is 24.0 Å². The predicted octanol–water partition coefficient (Wildman–Crippen LogP) is 4.83. The van der Waals surface area contributed by atoms with Crippen molar-refractivity contribution in [3.05, 3.63) is 90.0 Å². The lowest BCUT2D eigenvalue weighted by molar-refractivity contribution is -0.118. The van der Waals surface area contributed by atoms with Gasteiger partial charge in [-0.1, -0.05) is 48.0 Å². The molecule has 3 amide bonds. The van der Waals surface area contributed by atoms with E-state index in [1.54, 1.807) is 24.3 Å². The Labute approximate surface area is 200 Å². The molecule has 0 aromatic heterocycles. The Morgan fingerprint density at radius 1 is 0.853 bits per heavy atom. The van der Waals surface area contributed by atoms with Crippen LogP contribution in [0.5, 0.6) is 5.75 Å². The number of benzene rings is 3. The lowest BCUT2D eigenvalue weighted by Gasteiger charge is -2.19. The summed E-state index contributed by atoms with van der Waals surface area (Å²) >= 11 is 0. The van der Waals surface area contributed by atoms with Gasteiger partial charge in [0.25, 0.3) is 0 Å². The van der Waals surface area contributed by atoms with Gasteiger partial charge in [0.2, 0.25) is 5.91 Å². The van der Waals surface area contributed by atoms with Gasteiger partial charge in [0.05, 0.1) is 0 Å². The van der Waals surface area contributed by atoms with Crippen LogP contribution in [-0.2, 0) is 11.4 Å². The van der Waals surface area contributed by atoms with Crippen molar-refractivity contribution in [3.63, 3.8) is 0 Å². The molecule has 0 unspecified atom stereocenters. The molecule has 0 aliphatic carbocycles. The largest absolute Gasteiger partial charge is 0.489 e. The summed E-state index contributed by atoms with van der Waals surface area (Å²) < 4.78 is 5.78. The summed E-state index contributed by atoms with van der Waals surface area (Å²) in [7, 11) is 0. The van der Waals surface area contributed by atoms with Crippen LogP contribution >= 0.6 is 0 Å². The minimum atomic E-state index is -0.679. The van der Waals surface area contributed by atoms with Crippen LogP contribution in [0.2, 0.25) is 0 Å². The highest BCUT2D eigenvalue weighted by atomic mass is 16.5. The molecular formula is C27H32N4O3. The molecule has 0 fully saturated rings. The molecule has 34 heavy (non-hydrogen) atoms. The summed E-state index contributed by atoms with van der Waals surface area (Å²) in [6.45, 7) is 2.99. The average molecular weight is 461 g/mol. The molecule has 178 valence electrons. The van der Waals surface area contributed by atoms with Gasteiger partial charge in [-0.15, -0.1) is 0 Å². The van der Waals surface area contributed by atoms with Gasteiger partial charge in [-0.25, -0.2) is 4.79 Å². The highest BCUT2D eigenvalue weighted by Gasteiger charge is 2.20. The number of unbranched alkanes of at least 4 members (excludes halogenated alkanes) is 1. The molecule has 0 heterocycles. The van der Waals surface area contributed by atoms with Crippen molar-refractivity contribution in [3.8, 4) is 5.75 Å². The van der Waals surface area contributed by atoms with Gasteiger partial charge in [-0.2, -0.15) is 0 Å². The van der Waals surface area contributed by atoms with Crippen molar-refractivity contribution >= 4 is 23.3 Å². The molecule has 5 N–H and O–H groups in total. The van der Waals surface area contributed by atoms with Gasteiger partial charge in [-0.05, 0) is 74.7 Å². The van der Waals surface area contributed by atoms with Crippen LogP contribution < -0.4 is 26.4 Å². The van der Waals surface area contributed by atoms with E-state index in [-0.39, 0.29) is 5.91 Å². The maximum absolute atomic E-state index is 12.8. The Hall–Kier alpha value is -3.84. The third-order valence-electron chi connectivity index (χ3n) is 5.25. The summed E-state index contributed by atoms with van der Waals surface area (Å²) in [4.78, 5) is 25.4. The molecule has 0 saturated heterocycles. The number of amides is 3. The number of ether oxygens (including phenoxy) is 1. The Bertz CT molecular complexity index is 1040. The molecule has 3 rings (SSSR count). The van der Waals surface area contributed by atoms with Crippen LogP contribution in [0.15, 0.2) is 78.9 Å². The third-order valence-corrected chi connectivity index (χ3v) is 5.25. The Morgan fingerprint density at radius 3 is 2.18 bits per heavy atom. The lowest BCUT2D eigenvalue weighted by atomic mass is 10.1. The number of carbonyl (C=O) groups excluding carboxylic acids is 2. The zero-order chi connectivity index (χ0) is 24.2. The lowest BCUT2D eigenvalue weighted by Crippen LogP contribution is -2.45. The number of carbonyl (C=O) groups is 2. The Balaban J connectivity index is 1.54. The second-order valence-electron chi connectivity index (χ2n) is 8.09. The zero-order valence-corrected chi connectivity index (χ0v) is 19.4. The van der Waals surface area contributed by atoms with E-state index < -0.39 is 12.1 Å². The second kappa shape index (κ2) is 13.0. The number of anilines is 2. The van der Waals surface area contributed by atoms with Crippen molar-refractivity contribution in [2.75, 3.05) is 17.2 Å². The van der Waals surface area contributed by atoms with Crippen LogP contribution in [-0.4, -0.2) is 24.5 Å². The van der Waals surface area contributed by atoms with Crippen molar-refractivity contribution in [2.45, 2.75) is 38.8 Å². The number of aryl methyl sites for hydroxylation is 1. The molecule has 0 radical (unpaired) electrons. The maximum Gasteiger partial charge on any atom is 0.319 e. The normalized spacial score (nSPS) is 11.4. The fraction of sp³-hybridized carbons (Fsp3) is 0.259. The number of hydrogen-bond donors (Lipinski definition) is 4. The van der Waals surface area contributed by atoms with E-state index in [0.29, 0.717) is 36.7 Å². The third kappa shape index (κ3) is 8.26. The monoisotopic (exact) mass is 460 g/mol. The first-order chi connectivity index (χ1) is 16.5. The topological polar surface area (TPSA) is 105 Å². The fourth-order valence-electron chi connectivity index (χ4n) is 3.33. The molecular weight excluding hydrogens is 428 g/mol. The van der Waals surface area contributed by atoms with E-state index in [4.69, 9.17) is 10.5 Å². The van der Waals surface area contributed by atoms with E-state index >= 15 is 0 Å². The van der Waals surface area contributed by atoms with Crippen LogP contribution in [0, 0.1) is 6.92 Å². The van der Waals surface area contributed by atoms with E-state index in [2.05, 4.69) is 16.0 Å². The van der Waals surface area contributed by atoms with Crippen molar-refractivity contribution in [1.82, 2.24) is 5.32 Å². The number of urea groups is 1. The fourth-order valence-corrected chi connectivity index (χ4v) is 3.33. The quantitative estimate of drug-likeness (QED) is 0.308. The van der Waals surface area contributed by atoms with Crippen molar-refractivity contribution < 1.29 is 14.3 Å². The molecule has 0 spiro atoms. The highest BCUT2D eigenvalue weighted by molar-refractivity contribution is 5.99. The average Bonchev–Trinajstić information content (AvgIpc) is 2.85. The van der Waals surface area contributed by atoms with E-state index in [1.165, 1.54) is 0 Å². The Morgan fingerprint density at radius 2 is 1.50 bits per heavy atom. The minimum absolute atomic E-state index is 0.263. The highest BCUT2D eigenvalue weighted by Crippen LogP contribution is 2.17. The summed E-state index contributed by atoms with van der Waals surface area (Å²) in [5.74, 6) is 0.438. The number of nitrogens with one attached hydrogen (secondary N) is 3. The second-order valence-corrected chi connectivity index (χ2v) is 8.09. The number of rotatable bonds is 11. The maximum atomic E-state index is 12.8. The molecule has 0 aliphatic heterocycles. The first-order valence-electron chi connectivity index (χ1n) is 11.5. The summed E-state index contributed by atoms with van der Waals surface area (Å²) in [6, 6.07) is 23.4. The van der Waals surface area contributed by atoms with Crippen molar-refractivity contribution in [2.24, 2.45) is 5.73 Å². The summed E-state index contributed by atoms with van der Waals surface area (Å²) in [5, 5.41) is 8.43. The molecule has 3 aromatic rings. The predicted molar refractivity (Wildman–Crippen MR) is 136 cm³/mol. The smallest absolute Gasteiger partial charge is 0.319 e. The molecule has 7 nitrogen and oxygen atoms in total. The first-order valence-corrected chi connectivity index (χ1v) is 11.5. The summed E-state index contributed by atoms with van der Waals surface area (Å²) in [6.07, 6.45) is 2.01. The van der Waals surface area contributed by atoms with Crippen LogP contribution in [0.25, 0.3) is 0 Å². The first kappa shape index (κ1) is 24.8. The van der Waals surface area contributed by atoms with Gasteiger partial charge in [0.15, 0.2) is 0 Å². The van der Waals surface area contributed by atoms with Crippen LogP contribution in [0.4, 0.5) is 16.2 Å². The standard InChI is InChI=1S/C27H32N4O3/c1-20-10-12-22(13-11-20)29-26(32)25(9-5-6-18-28)31-27(33)30-23-14-16-24(17-15-23)34-19-21-7-3-2-4-8-21/h2-4,7-8,10-17,25H,5-6,9,18-19,28H2,1H3,(H,29,32)(H2,30,31,33)/t25-/m1/s1. The molecule has 0 saturated carbocycles. The molecule has 0 aliphatic rings. The molecule has 7 heteroatoms. The van der Waals surface area contributed by atoms with Crippen molar-refractivity contribution in [1.29, 1.82) is 0 Å². The zero-order valence-electron chi connectivity index (χ0n) is 19.4. The molecule has 3 aromatic carbocycles.